The van der Waals surface area contributed by atoms with Gasteiger partial charge in [-0.25, -0.2) is 4.79 Å². The van der Waals surface area contributed by atoms with E-state index in [4.69, 9.17) is 0 Å². The molecule has 1 aromatic carbocycles. The first-order valence-electron chi connectivity index (χ1n) is 5.05. The second-order valence-electron chi connectivity index (χ2n) is 3.29. The standard InChI is InChI=1S/C11H12N4O/c16-11(15-13-8-9-14-15)12-7-6-10-4-2-1-3-5-10/h1-5,8-9H,6-7H2,(H,12,16). The number of nitrogens with one attached hydrogen (secondary N) is 1. The summed E-state index contributed by atoms with van der Waals surface area (Å²) in [6.45, 7) is 0.574. The van der Waals surface area contributed by atoms with Gasteiger partial charge in [0.15, 0.2) is 0 Å². The molecule has 0 aliphatic heterocycles. The summed E-state index contributed by atoms with van der Waals surface area (Å²) in [6, 6.07) is 9.67. The fourth-order valence-corrected chi connectivity index (χ4v) is 1.35. The van der Waals surface area contributed by atoms with Crippen LogP contribution in [-0.4, -0.2) is 27.6 Å². The zero-order chi connectivity index (χ0) is 11.2. The van der Waals surface area contributed by atoms with Crippen LogP contribution in [0.5, 0.6) is 0 Å². The van der Waals surface area contributed by atoms with Crippen molar-refractivity contribution in [3.63, 3.8) is 0 Å². The molecular formula is C11H12N4O. The molecule has 1 amide bonds. The third kappa shape index (κ3) is 2.66. The Labute approximate surface area is 93.1 Å². The highest BCUT2D eigenvalue weighted by Crippen LogP contribution is 1.97. The predicted octanol–water partition coefficient (Wildman–Crippen LogP) is 1.08. The van der Waals surface area contributed by atoms with Crippen LogP contribution in [0.3, 0.4) is 0 Å². The smallest absolute Gasteiger partial charge is 0.335 e. The molecule has 5 nitrogen and oxygen atoms in total. The van der Waals surface area contributed by atoms with Crippen molar-refractivity contribution in [3.8, 4) is 0 Å². The van der Waals surface area contributed by atoms with E-state index in [1.54, 1.807) is 0 Å². The van der Waals surface area contributed by atoms with Gasteiger partial charge in [0.1, 0.15) is 0 Å². The number of rotatable bonds is 3. The van der Waals surface area contributed by atoms with Crippen LogP contribution >= 0.6 is 0 Å². The molecule has 0 unspecified atom stereocenters. The molecule has 1 heterocycles. The van der Waals surface area contributed by atoms with Crippen molar-refractivity contribution in [2.75, 3.05) is 6.54 Å². The summed E-state index contributed by atoms with van der Waals surface area (Å²) >= 11 is 0. The van der Waals surface area contributed by atoms with Gasteiger partial charge < -0.3 is 5.32 Å². The number of hydrogen-bond acceptors (Lipinski definition) is 3. The fourth-order valence-electron chi connectivity index (χ4n) is 1.35. The molecule has 2 rings (SSSR count). The van der Waals surface area contributed by atoms with Crippen LogP contribution in [0.25, 0.3) is 0 Å². The number of benzene rings is 1. The van der Waals surface area contributed by atoms with Crippen molar-refractivity contribution < 1.29 is 4.79 Å². The van der Waals surface area contributed by atoms with Crippen molar-refractivity contribution >= 4 is 6.03 Å². The van der Waals surface area contributed by atoms with Gasteiger partial charge in [0.25, 0.3) is 0 Å². The number of amides is 1. The molecular weight excluding hydrogens is 204 g/mol. The first-order valence-corrected chi connectivity index (χ1v) is 5.05. The predicted molar refractivity (Wildman–Crippen MR) is 59.0 cm³/mol. The molecule has 2 aromatic rings. The Morgan fingerprint density at radius 1 is 1.19 bits per heavy atom. The molecule has 0 radical (unpaired) electrons. The second kappa shape index (κ2) is 5.06. The molecule has 5 heteroatoms. The molecule has 0 atom stereocenters. The molecule has 0 bridgehead atoms. The van der Waals surface area contributed by atoms with Crippen LogP contribution in [0.4, 0.5) is 4.79 Å². The van der Waals surface area contributed by atoms with Crippen molar-refractivity contribution in [1.29, 1.82) is 0 Å². The van der Waals surface area contributed by atoms with Crippen LogP contribution < -0.4 is 5.32 Å². The van der Waals surface area contributed by atoms with Gasteiger partial charge in [-0.3, -0.25) is 0 Å². The van der Waals surface area contributed by atoms with Gasteiger partial charge in [-0.2, -0.15) is 10.2 Å². The Balaban J connectivity index is 1.79. The van der Waals surface area contributed by atoms with Crippen molar-refractivity contribution in [2.24, 2.45) is 0 Å². The quantitative estimate of drug-likeness (QED) is 0.835. The molecule has 1 N–H and O–H groups in total. The van der Waals surface area contributed by atoms with Crippen LogP contribution in [0, 0.1) is 0 Å². The topological polar surface area (TPSA) is 59.8 Å². The second-order valence-corrected chi connectivity index (χ2v) is 3.29. The number of carbonyl (C=O) groups is 1. The normalized spacial score (nSPS) is 10.0. The Morgan fingerprint density at radius 3 is 2.56 bits per heavy atom. The lowest BCUT2D eigenvalue weighted by molar-refractivity contribution is 0.236. The Morgan fingerprint density at radius 2 is 1.88 bits per heavy atom. The fraction of sp³-hybridized carbons (Fsp3) is 0.182. The minimum absolute atomic E-state index is 0.305. The largest absolute Gasteiger partial charge is 0.359 e. The van der Waals surface area contributed by atoms with Crippen LogP contribution in [0.15, 0.2) is 42.7 Å². The molecule has 82 valence electrons. The van der Waals surface area contributed by atoms with Gasteiger partial charge in [-0.05, 0) is 12.0 Å². The van der Waals surface area contributed by atoms with Gasteiger partial charge in [-0.15, -0.1) is 0 Å². The average Bonchev–Trinajstić information content (AvgIpc) is 2.84. The summed E-state index contributed by atoms with van der Waals surface area (Å²) in [4.78, 5) is 12.5. The van der Waals surface area contributed by atoms with E-state index in [1.807, 2.05) is 30.3 Å². The molecule has 1 aromatic heterocycles. The van der Waals surface area contributed by atoms with E-state index in [0.717, 1.165) is 11.2 Å². The minimum atomic E-state index is -0.305. The minimum Gasteiger partial charge on any atom is -0.335 e. The third-order valence-corrected chi connectivity index (χ3v) is 2.13. The summed E-state index contributed by atoms with van der Waals surface area (Å²) in [5.41, 5.74) is 1.19. The zero-order valence-corrected chi connectivity index (χ0v) is 8.71. The van der Waals surface area contributed by atoms with Gasteiger partial charge in [-0.1, -0.05) is 35.1 Å². The molecule has 0 saturated heterocycles. The summed E-state index contributed by atoms with van der Waals surface area (Å²) in [5, 5.41) is 10.2. The Kier molecular flexibility index (Phi) is 3.28. The highest BCUT2D eigenvalue weighted by atomic mass is 16.2. The van der Waals surface area contributed by atoms with Crippen LogP contribution in [0.2, 0.25) is 0 Å². The van der Waals surface area contributed by atoms with Crippen molar-refractivity contribution in [2.45, 2.75) is 6.42 Å². The Hall–Kier alpha value is -2.17. The molecule has 16 heavy (non-hydrogen) atoms. The number of aromatic nitrogens is 3. The molecule has 0 spiro atoms. The van der Waals surface area contributed by atoms with Gasteiger partial charge in [0, 0.05) is 6.54 Å². The summed E-state index contributed by atoms with van der Waals surface area (Å²) in [5.74, 6) is 0. The van der Waals surface area contributed by atoms with Crippen molar-refractivity contribution in [3.05, 3.63) is 48.3 Å². The monoisotopic (exact) mass is 216 g/mol. The maximum Gasteiger partial charge on any atom is 0.359 e. The summed E-state index contributed by atoms with van der Waals surface area (Å²) < 4.78 is 0. The lowest BCUT2D eigenvalue weighted by Gasteiger charge is -2.03. The number of hydrogen-bond donors (Lipinski definition) is 1. The number of carbonyl (C=O) groups excluding carboxylic acids is 1. The highest BCUT2D eigenvalue weighted by Gasteiger charge is 2.03. The van der Waals surface area contributed by atoms with E-state index < -0.39 is 0 Å². The van der Waals surface area contributed by atoms with E-state index in [0.29, 0.717) is 6.54 Å². The molecule has 0 fully saturated rings. The van der Waals surface area contributed by atoms with Crippen molar-refractivity contribution in [1.82, 2.24) is 20.3 Å². The van der Waals surface area contributed by atoms with E-state index in [-0.39, 0.29) is 6.03 Å². The maximum atomic E-state index is 11.4. The van der Waals surface area contributed by atoms with Crippen LogP contribution in [-0.2, 0) is 6.42 Å². The highest BCUT2D eigenvalue weighted by molar-refractivity contribution is 5.74. The molecule has 0 aliphatic carbocycles. The average molecular weight is 216 g/mol. The number of nitrogens with zero attached hydrogens (tertiary/aromatic N) is 3. The molecule has 0 saturated carbocycles. The van der Waals surface area contributed by atoms with E-state index in [9.17, 15) is 4.79 Å². The van der Waals surface area contributed by atoms with Gasteiger partial charge >= 0.3 is 6.03 Å². The van der Waals surface area contributed by atoms with E-state index >= 15 is 0 Å². The first kappa shape index (κ1) is 10.4. The van der Waals surface area contributed by atoms with Gasteiger partial charge in [0.2, 0.25) is 0 Å². The maximum absolute atomic E-state index is 11.4. The van der Waals surface area contributed by atoms with E-state index in [1.165, 1.54) is 18.0 Å². The zero-order valence-electron chi connectivity index (χ0n) is 8.71. The van der Waals surface area contributed by atoms with Gasteiger partial charge in [0.05, 0.1) is 12.4 Å². The lowest BCUT2D eigenvalue weighted by Crippen LogP contribution is -2.31. The van der Waals surface area contributed by atoms with E-state index in [2.05, 4.69) is 15.5 Å². The van der Waals surface area contributed by atoms with Crippen LogP contribution in [0.1, 0.15) is 5.56 Å². The Bertz CT molecular complexity index is 438. The summed E-state index contributed by atoms with van der Waals surface area (Å²) in [6.07, 6.45) is 3.74. The SMILES string of the molecule is O=C(NCCc1ccccc1)n1nccn1. The lowest BCUT2D eigenvalue weighted by atomic mass is 10.1. The third-order valence-electron chi connectivity index (χ3n) is 2.13. The summed E-state index contributed by atoms with van der Waals surface area (Å²) in [7, 11) is 0. The first-order chi connectivity index (χ1) is 7.86. The molecule has 0 aliphatic rings.